The second kappa shape index (κ2) is 9.37. The lowest BCUT2D eigenvalue weighted by Gasteiger charge is -2.28. The van der Waals surface area contributed by atoms with E-state index in [4.69, 9.17) is 10.8 Å². The van der Waals surface area contributed by atoms with Crippen molar-refractivity contribution in [3.05, 3.63) is 145 Å². The van der Waals surface area contributed by atoms with E-state index >= 15 is 0 Å². The number of allylic oxidation sites excluding steroid dienone is 2. The monoisotopic (exact) mass is 529 g/mol. The Morgan fingerprint density at radius 3 is 2.39 bits per heavy atom. The number of nitrogens with two attached hydrogens (primary N) is 1. The SMILES string of the molecule is NN1C=CC=C(c2ccc3ccccc3c2)C1/N=C/n1c2ccccc2c2ccc3c(ccn3-c3ccccc3)c21. The summed E-state index contributed by atoms with van der Waals surface area (Å²) in [7, 11) is 0. The van der Waals surface area contributed by atoms with Gasteiger partial charge in [-0.05, 0) is 58.8 Å². The Bertz CT molecular complexity index is 2180. The Morgan fingerprint density at radius 1 is 0.683 bits per heavy atom. The van der Waals surface area contributed by atoms with Gasteiger partial charge in [-0.25, -0.2) is 10.8 Å². The van der Waals surface area contributed by atoms with E-state index in [-0.39, 0.29) is 6.17 Å². The van der Waals surface area contributed by atoms with Crippen molar-refractivity contribution in [1.82, 2.24) is 14.1 Å². The van der Waals surface area contributed by atoms with E-state index in [0.717, 1.165) is 33.4 Å². The lowest BCUT2D eigenvalue weighted by atomic mass is 9.98. The number of hydrogen-bond donors (Lipinski definition) is 1. The van der Waals surface area contributed by atoms with Crippen LogP contribution in [0.15, 0.2) is 145 Å². The van der Waals surface area contributed by atoms with Gasteiger partial charge < -0.3 is 4.57 Å². The minimum absolute atomic E-state index is 0.370. The summed E-state index contributed by atoms with van der Waals surface area (Å²) in [5, 5.41) is 7.65. The first-order valence-corrected chi connectivity index (χ1v) is 13.8. The molecule has 0 fully saturated rings. The van der Waals surface area contributed by atoms with Gasteiger partial charge in [-0.3, -0.25) is 9.58 Å². The maximum Gasteiger partial charge on any atom is 0.162 e. The summed E-state index contributed by atoms with van der Waals surface area (Å²) in [5.74, 6) is 6.52. The molecule has 1 aliphatic rings. The summed E-state index contributed by atoms with van der Waals surface area (Å²) in [5.41, 5.74) is 6.69. The highest BCUT2D eigenvalue weighted by atomic mass is 15.5. The van der Waals surface area contributed by atoms with Crippen molar-refractivity contribution in [2.45, 2.75) is 6.17 Å². The van der Waals surface area contributed by atoms with Crippen LogP contribution in [0.1, 0.15) is 5.56 Å². The Labute approximate surface area is 237 Å². The quantitative estimate of drug-likeness (QED) is 0.143. The van der Waals surface area contributed by atoms with Crippen LogP contribution in [0.4, 0.5) is 0 Å². The summed E-state index contributed by atoms with van der Waals surface area (Å²) < 4.78 is 4.45. The molecule has 1 unspecified atom stereocenters. The average Bonchev–Trinajstić information content (AvgIpc) is 3.60. The van der Waals surface area contributed by atoms with Crippen molar-refractivity contribution in [1.29, 1.82) is 0 Å². The first kappa shape index (κ1) is 23.5. The van der Waals surface area contributed by atoms with E-state index in [0.29, 0.717) is 0 Å². The van der Waals surface area contributed by atoms with Crippen LogP contribution in [0.2, 0.25) is 0 Å². The molecule has 1 aliphatic heterocycles. The maximum absolute atomic E-state index is 6.52. The predicted molar refractivity (Wildman–Crippen MR) is 171 cm³/mol. The van der Waals surface area contributed by atoms with Gasteiger partial charge in [0.15, 0.2) is 6.17 Å². The second-order valence-electron chi connectivity index (χ2n) is 10.4. The molecular formula is C36H27N5. The number of aliphatic imine (C=N–C) groups is 1. The summed E-state index contributed by atoms with van der Waals surface area (Å²) in [6.45, 7) is 0. The molecule has 196 valence electrons. The fraction of sp³-hybridized carbons (Fsp3) is 0.0278. The molecule has 7 aromatic rings. The van der Waals surface area contributed by atoms with Crippen LogP contribution in [-0.4, -0.2) is 26.6 Å². The van der Waals surface area contributed by atoms with Crippen molar-refractivity contribution in [3.8, 4) is 5.69 Å². The highest BCUT2D eigenvalue weighted by Crippen LogP contribution is 2.35. The van der Waals surface area contributed by atoms with Crippen LogP contribution in [0.25, 0.3) is 54.7 Å². The van der Waals surface area contributed by atoms with Gasteiger partial charge in [0.25, 0.3) is 0 Å². The van der Waals surface area contributed by atoms with Gasteiger partial charge in [-0.15, -0.1) is 0 Å². The van der Waals surface area contributed by atoms with Crippen molar-refractivity contribution >= 4 is 55.4 Å². The van der Waals surface area contributed by atoms with E-state index in [2.05, 4.69) is 131 Å². The van der Waals surface area contributed by atoms with E-state index < -0.39 is 0 Å². The highest BCUT2D eigenvalue weighted by Gasteiger charge is 2.22. The fourth-order valence-corrected chi connectivity index (χ4v) is 6.12. The standard InChI is InChI=1S/C36H27N5/c37-41-21-8-14-29(27-17-16-25-9-4-5-10-26(25)23-27)36(41)38-24-40-33-15-7-6-13-30(33)31-18-19-34-32(35(31)40)20-22-39(34)28-11-2-1-3-12-28/h1-24,36H,37H2/b38-24+. The number of fused-ring (bicyclic) bond motifs is 6. The number of aromatic nitrogens is 2. The summed E-state index contributed by atoms with van der Waals surface area (Å²) in [6.07, 6.45) is 9.68. The number of para-hydroxylation sites is 2. The predicted octanol–water partition coefficient (Wildman–Crippen LogP) is 7.88. The van der Waals surface area contributed by atoms with E-state index in [9.17, 15) is 0 Å². The van der Waals surface area contributed by atoms with Gasteiger partial charge in [-0.2, -0.15) is 0 Å². The number of hydrazine groups is 1. The second-order valence-corrected chi connectivity index (χ2v) is 10.4. The number of rotatable bonds is 4. The van der Waals surface area contributed by atoms with Gasteiger partial charge in [-0.1, -0.05) is 84.9 Å². The first-order chi connectivity index (χ1) is 20.3. The molecule has 0 spiro atoms. The fourth-order valence-electron chi connectivity index (χ4n) is 6.12. The highest BCUT2D eigenvalue weighted by molar-refractivity contribution is 6.20. The topological polar surface area (TPSA) is 51.5 Å². The molecule has 8 rings (SSSR count). The molecule has 5 nitrogen and oxygen atoms in total. The van der Waals surface area contributed by atoms with E-state index in [1.807, 2.05) is 24.7 Å². The van der Waals surface area contributed by atoms with Crippen LogP contribution in [0, 0.1) is 0 Å². The van der Waals surface area contributed by atoms with Crippen LogP contribution < -0.4 is 5.84 Å². The molecule has 0 radical (unpaired) electrons. The van der Waals surface area contributed by atoms with Gasteiger partial charge in [0, 0.05) is 39.8 Å². The average molecular weight is 530 g/mol. The molecule has 5 aromatic carbocycles. The normalized spacial score (nSPS) is 15.6. The third-order valence-corrected chi connectivity index (χ3v) is 8.07. The van der Waals surface area contributed by atoms with Crippen LogP contribution >= 0.6 is 0 Å². The van der Waals surface area contributed by atoms with Gasteiger partial charge >= 0.3 is 0 Å². The largest absolute Gasteiger partial charge is 0.316 e. The molecule has 41 heavy (non-hydrogen) atoms. The van der Waals surface area contributed by atoms with Crippen LogP contribution in [-0.2, 0) is 0 Å². The molecule has 0 aliphatic carbocycles. The van der Waals surface area contributed by atoms with Crippen molar-refractivity contribution < 1.29 is 0 Å². The van der Waals surface area contributed by atoms with Crippen molar-refractivity contribution in [2.75, 3.05) is 0 Å². The molecular weight excluding hydrogens is 502 g/mol. The number of hydrogen-bond acceptors (Lipinski definition) is 3. The molecule has 1 atom stereocenters. The molecule has 0 amide bonds. The molecule has 2 aromatic heterocycles. The van der Waals surface area contributed by atoms with Gasteiger partial charge in [0.2, 0.25) is 0 Å². The van der Waals surface area contributed by atoms with Crippen molar-refractivity contribution in [2.24, 2.45) is 10.8 Å². The van der Waals surface area contributed by atoms with Crippen LogP contribution in [0.3, 0.4) is 0 Å². The Balaban J connectivity index is 1.29. The van der Waals surface area contributed by atoms with E-state index in [1.165, 1.54) is 26.9 Å². The third kappa shape index (κ3) is 3.78. The molecule has 3 heterocycles. The first-order valence-electron chi connectivity index (χ1n) is 13.8. The van der Waals surface area contributed by atoms with Gasteiger partial charge in [0.1, 0.15) is 0 Å². The minimum atomic E-state index is -0.370. The molecule has 2 N–H and O–H groups in total. The minimum Gasteiger partial charge on any atom is -0.316 e. The maximum atomic E-state index is 6.52. The zero-order chi connectivity index (χ0) is 27.3. The van der Waals surface area contributed by atoms with Crippen LogP contribution in [0.5, 0.6) is 0 Å². The van der Waals surface area contributed by atoms with Crippen molar-refractivity contribution in [3.63, 3.8) is 0 Å². The van der Waals surface area contributed by atoms with Gasteiger partial charge in [0.05, 0.1) is 22.9 Å². The molecule has 0 bridgehead atoms. The smallest absolute Gasteiger partial charge is 0.162 e. The third-order valence-electron chi connectivity index (χ3n) is 8.07. The summed E-state index contributed by atoms with van der Waals surface area (Å²) in [6, 6.07) is 40.5. The number of benzene rings is 5. The zero-order valence-electron chi connectivity index (χ0n) is 22.3. The summed E-state index contributed by atoms with van der Waals surface area (Å²) >= 11 is 0. The molecule has 5 heteroatoms. The lowest BCUT2D eigenvalue weighted by Crippen LogP contribution is -2.37. The number of nitrogens with zero attached hydrogens (tertiary/aromatic N) is 4. The van der Waals surface area contributed by atoms with E-state index in [1.54, 1.807) is 5.01 Å². The molecule has 0 saturated carbocycles. The summed E-state index contributed by atoms with van der Waals surface area (Å²) in [4.78, 5) is 5.13. The Hall–Kier alpha value is -5.39. The zero-order valence-corrected chi connectivity index (χ0v) is 22.3. The Morgan fingerprint density at radius 2 is 1.49 bits per heavy atom. The molecule has 0 saturated heterocycles. The lowest BCUT2D eigenvalue weighted by molar-refractivity contribution is 0.346. The Kier molecular flexibility index (Phi) is 5.37.